The van der Waals surface area contributed by atoms with Crippen molar-refractivity contribution in [3.8, 4) is 11.3 Å². The Kier molecular flexibility index (Phi) is 5.13. The lowest BCUT2D eigenvalue weighted by molar-refractivity contribution is -0.115. The number of aromatic nitrogens is 2. The normalized spacial score (nSPS) is 14.4. The van der Waals surface area contributed by atoms with Crippen molar-refractivity contribution in [3.63, 3.8) is 0 Å². The minimum atomic E-state index is -0.173. The van der Waals surface area contributed by atoms with Gasteiger partial charge in [0.05, 0.1) is 11.9 Å². The standard InChI is InChI=1S/C22H25N3O2/c1-13-9-14(2)19(20(26)10-13)12-23-22(27)18-8-6-7-17(16(18)4)21-15(3)11-24-25(21)5/h6-9,11H,10,12H2,1-5H3,(H,23,27). The number of nitrogens with zero attached hydrogens (tertiary/aromatic N) is 2. The molecular weight excluding hydrogens is 338 g/mol. The molecule has 1 aromatic carbocycles. The Morgan fingerprint density at radius 2 is 1.96 bits per heavy atom. The molecule has 0 aliphatic heterocycles. The van der Waals surface area contributed by atoms with Gasteiger partial charge in [0.15, 0.2) is 5.78 Å². The second-order valence-corrected chi connectivity index (χ2v) is 7.21. The van der Waals surface area contributed by atoms with Gasteiger partial charge in [-0.3, -0.25) is 14.3 Å². The highest BCUT2D eigenvalue weighted by atomic mass is 16.2. The number of hydrogen-bond donors (Lipinski definition) is 1. The molecule has 0 saturated carbocycles. The summed E-state index contributed by atoms with van der Waals surface area (Å²) in [6, 6.07) is 5.70. The van der Waals surface area contributed by atoms with Gasteiger partial charge in [-0.2, -0.15) is 5.10 Å². The highest BCUT2D eigenvalue weighted by Gasteiger charge is 2.20. The smallest absolute Gasteiger partial charge is 0.251 e. The van der Waals surface area contributed by atoms with Crippen LogP contribution in [0.4, 0.5) is 0 Å². The van der Waals surface area contributed by atoms with E-state index in [1.165, 1.54) is 0 Å². The van der Waals surface area contributed by atoms with Gasteiger partial charge in [-0.1, -0.05) is 23.8 Å². The van der Waals surface area contributed by atoms with Gasteiger partial charge in [-0.05, 0) is 50.5 Å². The number of carbonyl (C=O) groups excluding carboxylic acids is 2. The number of rotatable bonds is 4. The maximum atomic E-state index is 12.8. The van der Waals surface area contributed by atoms with Crippen molar-refractivity contribution in [1.29, 1.82) is 0 Å². The Bertz CT molecular complexity index is 973. The molecule has 3 rings (SSSR count). The van der Waals surface area contributed by atoms with Crippen LogP contribution in [0.1, 0.15) is 41.8 Å². The number of nitrogens with one attached hydrogen (secondary N) is 1. The maximum absolute atomic E-state index is 12.8. The van der Waals surface area contributed by atoms with Crippen molar-refractivity contribution in [2.24, 2.45) is 7.05 Å². The summed E-state index contributed by atoms with van der Waals surface area (Å²) < 4.78 is 1.82. The minimum absolute atomic E-state index is 0.0868. The van der Waals surface area contributed by atoms with Gasteiger partial charge < -0.3 is 5.32 Å². The largest absolute Gasteiger partial charge is 0.348 e. The fraction of sp³-hybridized carbons (Fsp3) is 0.318. The summed E-state index contributed by atoms with van der Waals surface area (Å²) in [4.78, 5) is 25.1. The van der Waals surface area contributed by atoms with E-state index in [0.29, 0.717) is 17.6 Å². The fourth-order valence-electron chi connectivity index (χ4n) is 3.66. The fourth-order valence-corrected chi connectivity index (χ4v) is 3.66. The van der Waals surface area contributed by atoms with E-state index < -0.39 is 0 Å². The van der Waals surface area contributed by atoms with Crippen LogP contribution in [0, 0.1) is 13.8 Å². The highest BCUT2D eigenvalue weighted by molar-refractivity contribution is 6.02. The number of amides is 1. The molecule has 0 bridgehead atoms. The van der Waals surface area contributed by atoms with Crippen LogP contribution in [0.3, 0.4) is 0 Å². The lowest BCUT2D eigenvalue weighted by Gasteiger charge is -2.17. The zero-order chi connectivity index (χ0) is 19.7. The van der Waals surface area contributed by atoms with Crippen LogP contribution >= 0.6 is 0 Å². The van der Waals surface area contributed by atoms with E-state index in [2.05, 4.69) is 10.4 Å². The lowest BCUT2D eigenvalue weighted by atomic mass is 9.92. The van der Waals surface area contributed by atoms with E-state index in [0.717, 1.165) is 33.5 Å². The van der Waals surface area contributed by atoms with Gasteiger partial charge in [0.1, 0.15) is 0 Å². The molecule has 0 atom stereocenters. The molecule has 1 N–H and O–H groups in total. The molecule has 140 valence electrons. The third-order valence-corrected chi connectivity index (χ3v) is 5.10. The average molecular weight is 363 g/mol. The predicted molar refractivity (Wildman–Crippen MR) is 107 cm³/mol. The summed E-state index contributed by atoms with van der Waals surface area (Å²) in [7, 11) is 1.90. The monoisotopic (exact) mass is 363 g/mol. The third kappa shape index (κ3) is 3.63. The molecule has 0 spiro atoms. The van der Waals surface area contributed by atoms with Crippen molar-refractivity contribution in [3.05, 3.63) is 63.9 Å². The molecule has 0 unspecified atom stereocenters. The summed E-state index contributed by atoms with van der Waals surface area (Å²) in [5.74, 6) is -0.0858. The number of aryl methyl sites for hydroxylation is 2. The zero-order valence-corrected chi connectivity index (χ0v) is 16.5. The summed E-state index contributed by atoms with van der Waals surface area (Å²) in [5.41, 5.74) is 7.24. The molecule has 5 nitrogen and oxygen atoms in total. The SMILES string of the molecule is CC1=CC(C)=C(CNC(=O)c2cccc(-c3c(C)cnn3C)c2C)C(=O)C1. The first-order chi connectivity index (χ1) is 12.8. The Labute approximate surface area is 159 Å². The number of ketones is 1. The average Bonchev–Trinajstić information content (AvgIpc) is 2.92. The van der Waals surface area contributed by atoms with Crippen LogP contribution in [0.25, 0.3) is 11.3 Å². The van der Waals surface area contributed by atoms with Gasteiger partial charge in [0.25, 0.3) is 5.91 Å². The Hall–Kier alpha value is -2.95. The predicted octanol–water partition coefficient (Wildman–Crippen LogP) is 3.67. The summed E-state index contributed by atoms with van der Waals surface area (Å²) in [6.07, 6.45) is 4.26. The van der Waals surface area contributed by atoms with Crippen LogP contribution in [-0.4, -0.2) is 28.0 Å². The zero-order valence-electron chi connectivity index (χ0n) is 16.5. The van der Waals surface area contributed by atoms with E-state index in [4.69, 9.17) is 0 Å². The second-order valence-electron chi connectivity index (χ2n) is 7.21. The number of carbonyl (C=O) groups is 2. The van der Waals surface area contributed by atoms with Crippen LogP contribution in [0.2, 0.25) is 0 Å². The van der Waals surface area contributed by atoms with E-state index in [1.807, 2.05) is 69.9 Å². The Morgan fingerprint density at radius 3 is 2.59 bits per heavy atom. The molecule has 1 aliphatic carbocycles. The maximum Gasteiger partial charge on any atom is 0.251 e. The first-order valence-corrected chi connectivity index (χ1v) is 9.06. The van der Waals surface area contributed by atoms with Crippen molar-refractivity contribution in [1.82, 2.24) is 15.1 Å². The van der Waals surface area contributed by atoms with Crippen molar-refractivity contribution in [2.45, 2.75) is 34.1 Å². The molecule has 2 aromatic rings. The molecule has 0 fully saturated rings. The van der Waals surface area contributed by atoms with Gasteiger partial charge >= 0.3 is 0 Å². The Morgan fingerprint density at radius 1 is 1.22 bits per heavy atom. The van der Waals surface area contributed by atoms with E-state index in [9.17, 15) is 9.59 Å². The van der Waals surface area contributed by atoms with Gasteiger partial charge in [0.2, 0.25) is 0 Å². The molecule has 27 heavy (non-hydrogen) atoms. The molecular formula is C22H25N3O2. The second kappa shape index (κ2) is 7.35. The molecule has 1 amide bonds. The number of hydrogen-bond acceptors (Lipinski definition) is 3. The van der Waals surface area contributed by atoms with E-state index in [-0.39, 0.29) is 18.2 Å². The molecule has 5 heteroatoms. The van der Waals surface area contributed by atoms with Crippen LogP contribution in [-0.2, 0) is 11.8 Å². The number of benzene rings is 1. The minimum Gasteiger partial charge on any atom is -0.348 e. The quantitative estimate of drug-likeness (QED) is 0.901. The number of Topliss-reactive ketones (excluding diaryl/α,β-unsaturated/α-hetero) is 1. The molecule has 1 heterocycles. The van der Waals surface area contributed by atoms with E-state index >= 15 is 0 Å². The van der Waals surface area contributed by atoms with Crippen molar-refractivity contribution >= 4 is 11.7 Å². The van der Waals surface area contributed by atoms with Crippen LogP contribution < -0.4 is 5.32 Å². The summed E-state index contributed by atoms with van der Waals surface area (Å²) in [5, 5.41) is 7.21. The first kappa shape index (κ1) is 18.8. The summed E-state index contributed by atoms with van der Waals surface area (Å²) >= 11 is 0. The molecule has 0 saturated heterocycles. The molecule has 1 aliphatic rings. The number of allylic oxidation sites excluding steroid dienone is 3. The van der Waals surface area contributed by atoms with Gasteiger partial charge in [-0.15, -0.1) is 0 Å². The molecule has 0 radical (unpaired) electrons. The van der Waals surface area contributed by atoms with Crippen molar-refractivity contribution < 1.29 is 9.59 Å². The van der Waals surface area contributed by atoms with Crippen molar-refractivity contribution in [2.75, 3.05) is 6.54 Å². The highest BCUT2D eigenvalue weighted by Crippen LogP contribution is 2.28. The van der Waals surface area contributed by atoms with Gasteiger partial charge in [0, 0.05) is 36.7 Å². The molecule has 1 aromatic heterocycles. The van der Waals surface area contributed by atoms with E-state index in [1.54, 1.807) is 0 Å². The van der Waals surface area contributed by atoms with Crippen LogP contribution in [0.15, 0.2) is 47.2 Å². The van der Waals surface area contributed by atoms with Crippen LogP contribution in [0.5, 0.6) is 0 Å². The third-order valence-electron chi connectivity index (χ3n) is 5.10. The topological polar surface area (TPSA) is 64.0 Å². The Balaban J connectivity index is 1.85. The summed E-state index contributed by atoms with van der Waals surface area (Å²) in [6.45, 7) is 8.07. The lowest BCUT2D eigenvalue weighted by Crippen LogP contribution is -2.29. The van der Waals surface area contributed by atoms with Gasteiger partial charge in [-0.25, -0.2) is 0 Å². The first-order valence-electron chi connectivity index (χ1n) is 9.06.